The maximum atomic E-state index is 13.2. The minimum absolute atomic E-state index is 0.0122. The quantitative estimate of drug-likeness (QED) is 0.766. The van der Waals surface area contributed by atoms with Crippen molar-refractivity contribution in [2.45, 2.75) is 12.8 Å². The van der Waals surface area contributed by atoms with E-state index in [1.165, 1.54) is 5.56 Å². The highest BCUT2D eigenvalue weighted by atomic mass is 16.4. The van der Waals surface area contributed by atoms with Crippen molar-refractivity contribution < 1.29 is 14.7 Å². The first kappa shape index (κ1) is 13.3. The van der Waals surface area contributed by atoms with Crippen LogP contribution in [0.1, 0.15) is 12.0 Å². The van der Waals surface area contributed by atoms with Gasteiger partial charge in [0.05, 0.1) is 5.92 Å². The number of para-hydroxylation sites is 1. The number of allylic oxidation sites excluding steroid dienone is 2. The van der Waals surface area contributed by atoms with Gasteiger partial charge in [-0.1, -0.05) is 30.4 Å². The Kier molecular flexibility index (Phi) is 2.59. The zero-order valence-electron chi connectivity index (χ0n) is 12.7. The number of carboxylic acids is 1. The monoisotopic (exact) mass is 308 g/mol. The molecule has 1 aromatic carbocycles. The number of rotatable bonds is 2. The van der Waals surface area contributed by atoms with Crippen molar-refractivity contribution in [3.8, 4) is 0 Å². The number of carboxylic acid groups (broad SMARTS) is 1. The van der Waals surface area contributed by atoms with E-state index in [-0.39, 0.29) is 17.7 Å². The SMILES string of the molecule is O=C([O-])C1C2C=CC(C3CC23)C1C(=O)N1CCc2ccccc21. The Morgan fingerprint density at radius 3 is 2.48 bits per heavy atom. The topological polar surface area (TPSA) is 60.4 Å². The van der Waals surface area contributed by atoms with Gasteiger partial charge in [-0.05, 0) is 48.1 Å². The van der Waals surface area contributed by atoms with Crippen LogP contribution in [0, 0.1) is 35.5 Å². The van der Waals surface area contributed by atoms with Crippen LogP contribution in [0.5, 0.6) is 0 Å². The van der Waals surface area contributed by atoms with Crippen molar-refractivity contribution in [1.29, 1.82) is 0 Å². The average molecular weight is 308 g/mol. The molecule has 6 atom stereocenters. The van der Waals surface area contributed by atoms with Crippen molar-refractivity contribution in [2.24, 2.45) is 35.5 Å². The molecule has 0 spiro atoms. The largest absolute Gasteiger partial charge is 0.550 e. The third kappa shape index (κ3) is 1.72. The van der Waals surface area contributed by atoms with Crippen LogP contribution in [0.4, 0.5) is 5.69 Å². The second-order valence-corrected chi connectivity index (χ2v) is 7.34. The van der Waals surface area contributed by atoms with Crippen molar-refractivity contribution in [2.75, 3.05) is 11.4 Å². The summed E-state index contributed by atoms with van der Waals surface area (Å²) in [6, 6.07) is 7.93. The zero-order chi connectivity index (χ0) is 15.7. The fraction of sp³-hybridized carbons (Fsp3) is 0.474. The molecule has 6 rings (SSSR count). The molecular weight excluding hydrogens is 290 g/mol. The number of hydrogen-bond donors (Lipinski definition) is 0. The lowest BCUT2D eigenvalue weighted by Crippen LogP contribution is -2.54. The van der Waals surface area contributed by atoms with Gasteiger partial charge in [0, 0.05) is 24.1 Å². The van der Waals surface area contributed by atoms with Gasteiger partial charge in [0.2, 0.25) is 5.91 Å². The van der Waals surface area contributed by atoms with Crippen molar-refractivity contribution in [3.63, 3.8) is 0 Å². The van der Waals surface area contributed by atoms with E-state index >= 15 is 0 Å². The molecule has 0 radical (unpaired) electrons. The average Bonchev–Trinajstić information content (AvgIpc) is 3.28. The Labute approximate surface area is 134 Å². The molecule has 1 aliphatic heterocycles. The molecule has 4 aliphatic carbocycles. The van der Waals surface area contributed by atoms with E-state index in [0.717, 1.165) is 18.5 Å². The standard InChI is InChI=1S/C19H19NO3/c21-18(20-8-7-10-3-1-2-4-15(10)20)16-11-5-6-12(14-9-13(11)14)17(16)19(22)23/h1-6,11-14,16-17H,7-9H2,(H,22,23)/p-1. The number of nitrogens with zero attached hydrogens (tertiary/aromatic N) is 1. The van der Waals surface area contributed by atoms with E-state index in [9.17, 15) is 14.7 Å². The second kappa shape index (κ2) is 4.47. The Balaban J connectivity index is 1.52. The maximum absolute atomic E-state index is 13.2. The van der Waals surface area contributed by atoms with Gasteiger partial charge in [-0.2, -0.15) is 0 Å². The Morgan fingerprint density at radius 1 is 1.04 bits per heavy atom. The highest BCUT2D eigenvalue weighted by Crippen LogP contribution is 2.63. The lowest BCUT2D eigenvalue weighted by molar-refractivity contribution is -0.316. The van der Waals surface area contributed by atoms with E-state index in [1.54, 1.807) is 0 Å². The van der Waals surface area contributed by atoms with Crippen LogP contribution in [0.15, 0.2) is 36.4 Å². The van der Waals surface area contributed by atoms with Crippen LogP contribution >= 0.6 is 0 Å². The highest BCUT2D eigenvalue weighted by molar-refractivity contribution is 5.99. The third-order valence-corrected chi connectivity index (χ3v) is 6.36. The Hall–Kier alpha value is -2.10. The molecule has 2 fully saturated rings. The molecule has 5 aliphatic rings. The van der Waals surface area contributed by atoms with Crippen LogP contribution in [0.25, 0.3) is 0 Å². The third-order valence-electron chi connectivity index (χ3n) is 6.36. The summed E-state index contributed by atoms with van der Waals surface area (Å²) in [5.74, 6) is -1.15. The maximum Gasteiger partial charge on any atom is 0.231 e. The van der Waals surface area contributed by atoms with Crippen LogP contribution < -0.4 is 10.0 Å². The number of fused-ring (bicyclic) bond motifs is 2. The molecule has 6 unspecified atom stereocenters. The number of benzene rings is 1. The highest BCUT2D eigenvalue weighted by Gasteiger charge is 2.61. The van der Waals surface area contributed by atoms with Crippen molar-refractivity contribution in [3.05, 3.63) is 42.0 Å². The Morgan fingerprint density at radius 2 is 1.74 bits per heavy atom. The number of aliphatic carboxylic acids is 1. The van der Waals surface area contributed by atoms with E-state index in [0.29, 0.717) is 18.4 Å². The minimum Gasteiger partial charge on any atom is -0.550 e. The van der Waals surface area contributed by atoms with E-state index in [2.05, 4.69) is 6.08 Å². The summed E-state index contributed by atoms with van der Waals surface area (Å²) in [5.41, 5.74) is 2.12. The zero-order valence-corrected chi connectivity index (χ0v) is 12.7. The molecule has 0 saturated heterocycles. The molecule has 1 heterocycles. The van der Waals surface area contributed by atoms with Gasteiger partial charge in [-0.15, -0.1) is 0 Å². The normalized spacial score (nSPS) is 39.0. The first-order chi connectivity index (χ1) is 11.2. The number of carbonyl (C=O) groups is 2. The fourth-order valence-corrected chi connectivity index (χ4v) is 5.28. The predicted octanol–water partition coefficient (Wildman–Crippen LogP) is 1.01. The summed E-state index contributed by atoms with van der Waals surface area (Å²) in [6.07, 6.45) is 6.04. The molecule has 0 N–H and O–H groups in total. The van der Waals surface area contributed by atoms with Crippen molar-refractivity contribution in [1.82, 2.24) is 0 Å². The summed E-state index contributed by atoms with van der Waals surface area (Å²) in [5, 5.41) is 11.8. The van der Waals surface area contributed by atoms with Crippen LogP contribution in [-0.2, 0) is 16.0 Å². The van der Waals surface area contributed by atoms with Gasteiger partial charge in [-0.3, -0.25) is 4.79 Å². The van der Waals surface area contributed by atoms with Gasteiger partial charge >= 0.3 is 0 Å². The van der Waals surface area contributed by atoms with Gasteiger partial charge in [0.15, 0.2) is 0 Å². The minimum atomic E-state index is -1.06. The van der Waals surface area contributed by atoms with E-state index in [4.69, 9.17) is 0 Å². The van der Waals surface area contributed by atoms with Crippen LogP contribution in [0.3, 0.4) is 0 Å². The van der Waals surface area contributed by atoms with Crippen LogP contribution in [-0.4, -0.2) is 18.4 Å². The summed E-state index contributed by atoms with van der Waals surface area (Å²) in [4.78, 5) is 26.8. The number of amides is 1. The number of anilines is 1. The van der Waals surface area contributed by atoms with Gasteiger partial charge in [-0.25, -0.2) is 0 Å². The molecule has 1 amide bonds. The predicted molar refractivity (Wildman–Crippen MR) is 82.2 cm³/mol. The van der Waals surface area contributed by atoms with Gasteiger partial charge < -0.3 is 14.8 Å². The summed E-state index contributed by atoms with van der Waals surface area (Å²) >= 11 is 0. The molecule has 118 valence electrons. The fourth-order valence-electron chi connectivity index (χ4n) is 5.28. The van der Waals surface area contributed by atoms with Crippen molar-refractivity contribution >= 4 is 17.6 Å². The van der Waals surface area contributed by atoms with E-state index < -0.39 is 17.8 Å². The summed E-state index contributed by atoms with van der Waals surface area (Å²) in [7, 11) is 0. The first-order valence-corrected chi connectivity index (χ1v) is 8.45. The number of carbonyl (C=O) groups excluding carboxylic acids is 2. The molecule has 4 heteroatoms. The van der Waals surface area contributed by atoms with Crippen LogP contribution in [0.2, 0.25) is 0 Å². The molecule has 0 aromatic heterocycles. The molecule has 23 heavy (non-hydrogen) atoms. The smallest absolute Gasteiger partial charge is 0.231 e. The van der Waals surface area contributed by atoms with Gasteiger partial charge in [0.25, 0.3) is 0 Å². The lowest BCUT2D eigenvalue weighted by Gasteiger charge is -2.45. The summed E-state index contributed by atoms with van der Waals surface area (Å²) in [6.45, 7) is 0.656. The van der Waals surface area contributed by atoms with Gasteiger partial charge in [0.1, 0.15) is 0 Å². The lowest BCUT2D eigenvalue weighted by atomic mass is 9.62. The Bertz CT molecular complexity index is 740. The molecule has 1 aromatic rings. The second-order valence-electron chi connectivity index (χ2n) is 7.34. The van der Waals surface area contributed by atoms with E-state index in [1.807, 2.05) is 35.2 Å². The molecule has 2 bridgehead atoms. The summed E-state index contributed by atoms with van der Waals surface area (Å²) < 4.78 is 0. The molecule has 2 saturated carbocycles. The number of hydrogen-bond acceptors (Lipinski definition) is 3. The molecule has 4 nitrogen and oxygen atoms in total. The first-order valence-electron chi connectivity index (χ1n) is 8.45. The molecular formula is C19H18NO3-.